The predicted molar refractivity (Wildman–Crippen MR) is 110 cm³/mol. The largest absolute Gasteiger partial charge is 0.377 e. The summed E-state index contributed by atoms with van der Waals surface area (Å²) in [6.07, 6.45) is 3.88. The minimum absolute atomic E-state index is 0.133. The summed E-state index contributed by atoms with van der Waals surface area (Å²) in [5.41, 5.74) is 0. The predicted octanol–water partition coefficient (Wildman–Crippen LogP) is 4.62. The summed E-state index contributed by atoms with van der Waals surface area (Å²) in [7, 11) is 3.51. The first-order chi connectivity index (χ1) is 11.8. The quantitative estimate of drug-likeness (QED) is 0.358. The van der Waals surface area contributed by atoms with E-state index in [2.05, 4.69) is 13.8 Å². The van der Waals surface area contributed by atoms with Gasteiger partial charge in [-0.15, -0.1) is 0 Å². The van der Waals surface area contributed by atoms with Gasteiger partial charge in [-0.05, 0) is 46.5 Å². The molecule has 0 aromatic carbocycles. The second kappa shape index (κ2) is 12.5. The zero-order valence-corrected chi connectivity index (χ0v) is 18.5. The number of carbonyl (C=O) groups is 1. The van der Waals surface area contributed by atoms with Gasteiger partial charge in [0, 0.05) is 12.3 Å². The maximum atomic E-state index is 12.7. The molecule has 1 fully saturated rings. The SMILES string of the molecule is CC(C)CCCSSCC(=O)N1C[C@H](OC(C)C)C[C@H]1COC(C)C. The molecule has 148 valence electrons. The fraction of sp³-hybridized carbons (Fsp3) is 0.947. The first-order valence-electron chi connectivity index (χ1n) is 9.60. The molecule has 0 bridgehead atoms. The number of likely N-dealkylation sites (tertiary alicyclic amines) is 1. The molecule has 0 aromatic rings. The zero-order chi connectivity index (χ0) is 18.8. The molecule has 0 aromatic heterocycles. The lowest BCUT2D eigenvalue weighted by Gasteiger charge is -2.25. The van der Waals surface area contributed by atoms with E-state index >= 15 is 0 Å². The van der Waals surface area contributed by atoms with Gasteiger partial charge in [0.05, 0.1) is 36.7 Å². The lowest BCUT2D eigenvalue weighted by Crippen LogP contribution is -2.40. The van der Waals surface area contributed by atoms with Crippen LogP contribution in [0.2, 0.25) is 0 Å². The molecule has 25 heavy (non-hydrogen) atoms. The van der Waals surface area contributed by atoms with E-state index < -0.39 is 0 Å². The molecule has 1 aliphatic heterocycles. The third kappa shape index (κ3) is 10.1. The van der Waals surface area contributed by atoms with E-state index in [0.717, 1.165) is 18.1 Å². The third-order valence-corrected chi connectivity index (χ3v) is 6.40. The maximum Gasteiger partial charge on any atom is 0.233 e. The van der Waals surface area contributed by atoms with E-state index in [9.17, 15) is 4.79 Å². The van der Waals surface area contributed by atoms with Gasteiger partial charge < -0.3 is 14.4 Å². The molecular formula is C19H37NO3S2. The van der Waals surface area contributed by atoms with Gasteiger partial charge in [0.15, 0.2) is 0 Å². The van der Waals surface area contributed by atoms with E-state index in [0.29, 0.717) is 18.9 Å². The zero-order valence-electron chi connectivity index (χ0n) is 16.8. The van der Waals surface area contributed by atoms with Crippen LogP contribution in [-0.4, -0.2) is 59.8 Å². The molecule has 0 saturated carbocycles. The molecule has 1 saturated heterocycles. The van der Waals surface area contributed by atoms with E-state index in [1.165, 1.54) is 12.8 Å². The molecule has 1 heterocycles. The van der Waals surface area contributed by atoms with Crippen molar-refractivity contribution in [3.05, 3.63) is 0 Å². The van der Waals surface area contributed by atoms with Gasteiger partial charge in [-0.3, -0.25) is 4.79 Å². The van der Waals surface area contributed by atoms with Crippen molar-refractivity contribution in [3.63, 3.8) is 0 Å². The van der Waals surface area contributed by atoms with Crippen LogP contribution in [0.1, 0.15) is 60.8 Å². The minimum atomic E-state index is 0.133. The van der Waals surface area contributed by atoms with E-state index in [1.807, 2.05) is 43.4 Å². The smallest absolute Gasteiger partial charge is 0.233 e. The molecular weight excluding hydrogens is 354 g/mol. The molecule has 6 heteroatoms. The Morgan fingerprint density at radius 1 is 1.12 bits per heavy atom. The Labute approximate surface area is 162 Å². The fourth-order valence-electron chi connectivity index (χ4n) is 2.91. The highest BCUT2D eigenvalue weighted by molar-refractivity contribution is 8.76. The van der Waals surface area contributed by atoms with Gasteiger partial charge in [-0.25, -0.2) is 0 Å². The van der Waals surface area contributed by atoms with Crippen LogP contribution >= 0.6 is 21.6 Å². The number of hydrogen-bond acceptors (Lipinski definition) is 5. The van der Waals surface area contributed by atoms with Gasteiger partial charge in [0.1, 0.15) is 0 Å². The van der Waals surface area contributed by atoms with Crippen molar-refractivity contribution < 1.29 is 14.3 Å². The molecule has 2 atom stereocenters. The van der Waals surface area contributed by atoms with Crippen LogP contribution in [0.4, 0.5) is 0 Å². The number of amides is 1. The third-order valence-electron chi connectivity index (χ3n) is 4.06. The Balaban J connectivity index is 2.39. The van der Waals surface area contributed by atoms with Crippen molar-refractivity contribution in [1.29, 1.82) is 0 Å². The van der Waals surface area contributed by atoms with Gasteiger partial charge in [0.2, 0.25) is 5.91 Å². The standard InChI is InChI=1S/C19H37NO3S2/c1-14(2)8-7-9-24-25-13-19(21)20-11-18(23-16(5)6)10-17(20)12-22-15(3)4/h14-18H,7-13H2,1-6H3/t17-,18+/m0/s1. The van der Waals surface area contributed by atoms with Crippen molar-refractivity contribution in [2.45, 2.75) is 85.2 Å². The lowest BCUT2D eigenvalue weighted by atomic mass is 10.1. The Bertz CT molecular complexity index is 378. The van der Waals surface area contributed by atoms with Crippen molar-refractivity contribution in [1.82, 2.24) is 4.90 Å². The van der Waals surface area contributed by atoms with Crippen molar-refractivity contribution in [3.8, 4) is 0 Å². The van der Waals surface area contributed by atoms with Gasteiger partial charge >= 0.3 is 0 Å². The number of hydrogen-bond donors (Lipinski definition) is 0. The second-order valence-corrected chi connectivity index (χ2v) is 10.3. The molecule has 0 spiro atoms. The Morgan fingerprint density at radius 2 is 1.84 bits per heavy atom. The topological polar surface area (TPSA) is 38.8 Å². The summed E-state index contributed by atoms with van der Waals surface area (Å²) >= 11 is 0. The van der Waals surface area contributed by atoms with Crippen LogP contribution in [-0.2, 0) is 14.3 Å². The summed E-state index contributed by atoms with van der Waals surface area (Å²) in [6.45, 7) is 14.0. The van der Waals surface area contributed by atoms with E-state index in [-0.39, 0.29) is 30.3 Å². The van der Waals surface area contributed by atoms with Gasteiger partial charge in [-0.2, -0.15) is 0 Å². The van der Waals surface area contributed by atoms with Crippen LogP contribution in [0.5, 0.6) is 0 Å². The Kier molecular flexibility index (Phi) is 11.5. The van der Waals surface area contributed by atoms with Crippen molar-refractivity contribution in [2.24, 2.45) is 5.92 Å². The van der Waals surface area contributed by atoms with Crippen LogP contribution in [0.15, 0.2) is 0 Å². The highest BCUT2D eigenvalue weighted by atomic mass is 33.1. The molecule has 1 aliphatic rings. The molecule has 0 unspecified atom stereocenters. The molecule has 0 N–H and O–H groups in total. The highest BCUT2D eigenvalue weighted by Gasteiger charge is 2.36. The summed E-state index contributed by atoms with van der Waals surface area (Å²) in [5, 5.41) is 0. The molecule has 1 amide bonds. The van der Waals surface area contributed by atoms with Gasteiger partial charge in [0.25, 0.3) is 0 Å². The monoisotopic (exact) mass is 391 g/mol. The summed E-state index contributed by atoms with van der Waals surface area (Å²) in [5.74, 6) is 2.64. The summed E-state index contributed by atoms with van der Waals surface area (Å²) in [6, 6.07) is 0.144. The summed E-state index contributed by atoms with van der Waals surface area (Å²) in [4.78, 5) is 14.6. The van der Waals surface area contributed by atoms with Crippen molar-refractivity contribution in [2.75, 3.05) is 24.7 Å². The second-order valence-electron chi connectivity index (χ2n) is 7.74. The molecule has 4 nitrogen and oxygen atoms in total. The van der Waals surface area contributed by atoms with E-state index in [4.69, 9.17) is 9.47 Å². The maximum absolute atomic E-state index is 12.7. The fourth-order valence-corrected chi connectivity index (χ4v) is 4.92. The lowest BCUT2D eigenvalue weighted by molar-refractivity contribution is -0.131. The number of nitrogens with zero attached hydrogens (tertiary/aromatic N) is 1. The number of rotatable bonds is 12. The Hall–Kier alpha value is 0.0900. The number of carbonyl (C=O) groups excluding carboxylic acids is 1. The first kappa shape index (κ1) is 23.1. The van der Waals surface area contributed by atoms with Crippen LogP contribution in [0.25, 0.3) is 0 Å². The van der Waals surface area contributed by atoms with Crippen LogP contribution in [0, 0.1) is 5.92 Å². The number of ether oxygens (including phenoxy) is 2. The average Bonchev–Trinajstić information content (AvgIpc) is 2.90. The molecule has 0 radical (unpaired) electrons. The van der Waals surface area contributed by atoms with Gasteiger partial charge in [-0.1, -0.05) is 41.9 Å². The highest BCUT2D eigenvalue weighted by Crippen LogP contribution is 2.27. The summed E-state index contributed by atoms with van der Waals surface area (Å²) < 4.78 is 11.7. The first-order valence-corrected chi connectivity index (χ1v) is 12.1. The normalized spacial score (nSPS) is 21.1. The Morgan fingerprint density at radius 3 is 2.44 bits per heavy atom. The van der Waals surface area contributed by atoms with Crippen LogP contribution < -0.4 is 0 Å². The van der Waals surface area contributed by atoms with Crippen molar-refractivity contribution >= 4 is 27.5 Å². The average molecular weight is 392 g/mol. The molecule has 0 aliphatic carbocycles. The van der Waals surface area contributed by atoms with Crippen LogP contribution in [0.3, 0.4) is 0 Å². The molecule has 1 rings (SSSR count). The minimum Gasteiger partial charge on any atom is -0.377 e. The van der Waals surface area contributed by atoms with E-state index in [1.54, 1.807) is 10.8 Å².